The van der Waals surface area contributed by atoms with Crippen LogP contribution in [0.2, 0.25) is 18.1 Å². The van der Waals surface area contributed by atoms with E-state index in [4.69, 9.17) is 51.8 Å². The van der Waals surface area contributed by atoms with E-state index in [-0.39, 0.29) is 17.6 Å². The third-order valence-electron chi connectivity index (χ3n) is 7.20. The maximum absolute atomic E-state index is 11.5. The normalized spacial score (nSPS) is 12.2. The van der Waals surface area contributed by atoms with Crippen molar-refractivity contribution in [2.45, 2.75) is 77.9 Å². The molecule has 0 heterocycles. The summed E-state index contributed by atoms with van der Waals surface area (Å²) >= 11 is 0. The van der Waals surface area contributed by atoms with Crippen LogP contribution in [0.15, 0.2) is 0 Å². The molecule has 0 aliphatic rings. The van der Waals surface area contributed by atoms with Gasteiger partial charge in [-0.05, 0) is 24.6 Å². The topological polar surface area (TPSA) is 119 Å². The molecule has 0 bridgehead atoms. The second kappa shape index (κ2) is 32.8. The summed E-state index contributed by atoms with van der Waals surface area (Å²) in [4.78, 5) is 11.5. The van der Waals surface area contributed by atoms with E-state index in [0.717, 1.165) is 25.7 Å². The van der Waals surface area contributed by atoms with Crippen molar-refractivity contribution in [2.75, 3.05) is 132 Å². The van der Waals surface area contributed by atoms with E-state index in [9.17, 15) is 4.79 Å². The van der Waals surface area contributed by atoms with Crippen LogP contribution in [-0.4, -0.2) is 146 Å². The van der Waals surface area contributed by atoms with Crippen LogP contribution in [0, 0.1) is 0 Å². The molecule has 0 unspecified atom stereocenters. The molecule has 0 aromatic carbocycles. The van der Waals surface area contributed by atoms with Crippen molar-refractivity contribution in [3.8, 4) is 0 Å². The first-order chi connectivity index (χ1) is 22.2. The molecular formula is C33H68O12Si. The largest absolute Gasteiger partial charge is 0.463 e. The lowest BCUT2D eigenvalue weighted by molar-refractivity contribution is -0.145. The lowest BCUT2D eigenvalue weighted by atomic mass is 10.2. The summed E-state index contributed by atoms with van der Waals surface area (Å²) < 4.78 is 60.6. The van der Waals surface area contributed by atoms with Gasteiger partial charge in [-0.2, -0.15) is 0 Å². The summed E-state index contributed by atoms with van der Waals surface area (Å²) in [5.74, 6) is -0.150. The molecule has 0 aliphatic heterocycles. The molecule has 0 spiro atoms. The molecule has 0 saturated heterocycles. The molecule has 0 fully saturated rings. The predicted octanol–water partition coefficient (Wildman–Crippen LogP) is 4.67. The summed E-state index contributed by atoms with van der Waals surface area (Å²) in [7, 11) is -1.70. The second-order valence-electron chi connectivity index (χ2n) is 12.2. The van der Waals surface area contributed by atoms with Crippen molar-refractivity contribution in [3.63, 3.8) is 0 Å². The Kier molecular flexibility index (Phi) is 32.3. The third kappa shape index (κ3) is 31.9. The molecule has 0 amide bonds. The van der Waals surface area contributed by atoms with Gasteiger partial charge in [-0.3, -0.25) is 4.79 Å². The molecule has 0 atom stereocenters. The predicted molar refractivity (Wildman–Crippen MR) is 180 cm³/mol. The van der Waals surface area contributed by atoms with Gasteiger partial charge in [-0.15, -0.1) is 0 Å². The van der Waals surface area contributed by atoms with Gasteiger partial charge in [0, 0.05) is 6.42 Å². The zero-order valence-electron chi connectivity index (χ0n) is 30.1. The van der Waals surface area contributed by atoms with Crippen molar-refractivity contribution in [1.82, 2.24) is 0 Å². The van der Waals surface area contributed by atoms with Crippen molar-refractivity contribution < 1.29 is 56.6 Å². The molecule has 0 rings (SSSR count). The minimum absolute atomic E-state index is 0.150. The Bertz CT molecular complexity index is 649. The number of unbranched alkanes of at least 4 members (excludes halogenated alkanes) is 3. The zero-order valence-corrected chi connectivity index (χ0v) is 31.1. The fourth-order valence-electron chi connectivity index (χ4n) is 3.42. The van der Waals surface area contributed by atoms with Gasteiger partial charge < -0.3 is 51.8 Å². The molecule has 0 aromatic heterocycles. The molecule has 46 heavy (non-hydrogen) atoms. The quantitative estimate of drug-likeness (QED) is 0.0519. The molecular weight excluding hydrogens is 616 g/mol. The Morgan fingerprint density at radius 3 is 1.07 bits per heavy atom. The van der Waals surface area contributed by atoms with Gasteiger partial charge in [0.05, 0.1) is 126 Å². The van der Waals surface area contributed by atoms with E-state index in [1.54, 1.807) is 0 Å². The summed E-state index contributed by atoms with van der Waals surface area (Å²) in [5, 5.41) is 0.216. The highest BCUT2D eigenvalue weighted by Crippen LogP contribution is 2.36. The fourth-order valence-corrected chi connectivity index (χ4v) is 4.44. The smallest absolute Gasteiger partial charge is 0.305 e. The van der Waals surface area contributed by atoms with Gasteiger partial charge in [-0.1, -0.05) is 47.0 Å². The van der Waals surface area contributed by atoms with E-state index < -0.39 is 8.32 Å². The number of hydrogen-bond acceptors (Lipinski definition) is 12. The minimum Gasteiger partial charge on any atom is -0.463 e. The van der Waals surface area contributed by atoms with Crippen molar-refractivity contribution in [2.24, 2.45) is 0 Å². The van der Waals surface area contributed by atoms with E-state index in [0.29, 0.717) is 132 Å². The number of rotatable bonds is 36. The van der Waals surface area contributed by atoms with E-state index >= 15 is 0 Å². The average molecular weight is 685 g/mol. The number of hydrogen-bond donors (Lipinski definition) is 0. The van der Waals surface area contributed by atoms with Crippen molar-refractivity contribution in [3.05, 3.63) is 0 Å². The van der Waals surface area contributed by atoms with E-state index in [1.807, 2.05) is 0 Å². The second-order valence-corrected chi connectivity index (χ2v) is 17.0. The molecule has 0 aliphatic carbocycles. The van der Waals surface area contributed by atoms with E-state index in [1.165, 1.54) is 0 Å². The van der Waals surface area contributed by atoms with Crippen LogP contribution in [0.5, 0.6) is 0 Å². The van der Waals surface area contributed by atoms with Crippen LogP contribution in [0.4, 0.5) is 0 Å². The summed E-state index contributed by atoms with van der Waals surface area (Å²) in [6, 6.07) is 0. The Morgan fingerprint density at radius 2 is 0.761 bits per heavy atom. The number of carbonyl (C=O) groups is 1. The van der Waals surface area contributed by atoms with Crippen molar-refractivity contribution >= 4 is 14.3 Å². The first-order valence-corrected chi connectivity index (χ1v) is 20.1. The Hall–Kier alpha value is -0.713. The minimum atomic E-state index is -1.70. The maximum atomic E-state index is 11.5. The van der Waals surface area contributed by atoms with Crippen LogP contribution in [-0.2, 0) is 56.6 Å². The molecule has 13 heteroatoms. The molecule has 0 N–H and O–H groups in total. The first-order valence-electron chi connectivity index (χ1n) is 17.2. The van der Waals surface area contributed by atoms with Gasteiger partial charge in [0.1, 0.15) is 6.61 Å². The monoisotopic (exact) mass is 684 g/mol. The van der Waals surface area contributed by atoms with Gasteiger partial charge in [0.15, 0.2) is 8.32 Å². The summed E-state index contributed by atoms with van der Waals surface area (Å²) in [5.41, 5.74) is 0. The van der Waals surface area contributed by atoms with Crippen molar-refractivity contribution in [1.29, 1.82) is 0 Å². The molecule has 0 radical (unpaired) electrons. The van der Waals surface area contributed by atoms with Gasteiger partial charge in [0.2, 0.25) is 0 Å². The highest BCUT2D eigenvalue weighted by atomic mass is 28.4. The van der Waals surface area contributed by atoms with Crippen LogP contribution in [0.1, 0.15) is 59.8 Å². The van der Waals surface area contributed by atoms with Gasteiger partial charge in [0.25, 0.3) is 0 Å². The van der Waals surface area contributed by atoms with Crippen LogP contribution in [0.25, 0.3) is 0 Å². The fraction of sp³-hybridized carbons (Fsp3) is 0.970. The number of esters is 1. The molecule has 0 aromatic rings. The summed E-state index contributed by atoms with van der Waals surface area (Å²) in [6.07, 6.45) is 4.77. The zero-order chi connectivity index (χ0) is 34.0. The van der Waals surface area contributed by atoms with Crippen LogP contribution in [0.3, 0.4) is 0 Å². The van der Waals surface area contributed by atoms with Gasteiger partial charge >= 0.3 is 5.97 Å². The standard InChI is InChI=1S/C33H68O12Si/c1-7-8-9-10-11-32(34)44-30-28-42-26-24-40-22-20-38-18-16-36-14-12-35-13-15-37-17-19-39-21-23-41-25-27-43-29-31-45-46(5,6)33(2,3)4/h7-31H2,1-6H3. The van der Waals surface area contributed by atoms with E-state index in [2.05, 4.69) is 40.8 Å². The van der Waals surface area contributed by atoms with Gasteiger partial charge in [-0.25, -0.2) is 0 Å². The third-order valence-corrected chi connectivity index (χ3v) is 11.7. The highest BCUT2D eigenvalue weighted by Gasteiger charge is 2.36. The van der Waals surface area contributed by atoms with Crippen LogP contribution >= 0.6 is 0 Å². The lowest BCUT2D eigenvalue weighted by Crippen LogP contribution is -2.41. The lowest BCUT2D eigenvalue weighted by Gasteiger charge is -2.36. The highest BCUT2D eigenvalue weighted by molar-refractivity contribution is 6.74. The van der Waals surface area contributed by atoms with Crippen LogP contribution < -0.4 is 0 Å². The Morgan fingerprint density at radius 1 is 0.457 bits per heavy atom. The number of carbonyl (C=O) groups excluding carboxylic acids is 1. The molecule has 12 nitrogen and oxygen atoms in total. The SMILES string of the molecule is CCCCCCC(=O)OCCOCCOCCOCCOCCOCCOCCOCCOCCOCCO[Si](C)(C)C(C)(C)C. The maximum Gasteiger partial charge on any atom is 0.305 e. The average Bonchev–Trinajstić information content (AvgIpc) is 3.01. The Balaban J connectivity index is 3.16. The molecule has 276 valence electrons. The summed E-state index contributed by atoms with van der Waals surface area (Å²) in [6.45, 7) is 23.4. The molecule has 0 saturated carbocycles. The first kappa shape index (κ1) is 45.3. The Labute approximate surface area is 280 Å². The number of ether oxygens (including phenoxy) is 10.